The third-order valence-corrected chi connectivity index (χ3v) is 3.61. The van der Waals surface area contributed by atoms with Gasteiger partial charge in [-0.2, -0.15) is 0 Å². The molecule has 98 valence electrons. The molecule has 19 heavy (non-hydrogen) atoms. The normalized spacial score (nSPS) is 15.5. The van der Waals surface area contributed by atoms with E-state index in [-0.39, 0.29) is 0 Å². The fraction of sp³-hybridized carbons (Fsp3) is 0.308. The van der Waals surface area contributed by atoms with Crippen LogP contribution in [0.4, 0.5) is 5.82 Å². The van der Waals surface area contributed by atoms with E-state index in [0.29, 0.717) is 0 Å². The highest BCUT2D eigenvalue weighted by Crippen LogP contribution is 2.28. The summed E-state index contributed by atoms with van der Waals surface area (Å²) in [7, 11) is 0. The van der Waals surface area contributed by atoms with Gasteiger partial charge in [-0.3, -0.25) is 0 Å². The van der Waals surface area contributed by atoms with Crippen LogP contribution in [-0.2, 0) is 0 Å². The van der Waals surface area contributed by atoms with Gasteiger partial charge in [-0.05, 0) is 12.1 Å². The second kappa shape index (κ2) is 5.63. The van der Waals surface area contributed by atoms with E-state index in [1.807, 2.05) is 24.3 Å². The molecule has 1 aromatic carbocycles. The third-order valence-electron chi connectivity index (χ3n) is 3.12. The van der Waals surface area contributed by atoms with Crippen molar-refractivity contribution in [1.29, 1.82) is 0 Å². The predicted molar refractivity (Wildman–Crippen MR) is 78.0 cm³/mol. The van der Waals surface area contributed by atoms with Gasteiger partial charge >= 0.3 is 0 Å². The zero-order valence-corrected chi connectivity index (χ0v) is 12.0. The molecule has 0 bridgehead atoms. The first-order valence-corrected chi connectivity index (χ1v) is 7.03. The minimum absolute atomic E-state index is 0.839. The summed E-state index contributed by atoms with van der Waals surface area (Å²) in [5, 5.41) is 11.5. The van der Waals surface area contributed by atoms with Crippen LogP contribution < -0.4 is 10.2 Å². The highest BCUT2D eigenvalue weighted by atomic mass is 79.9. The van der Waals surface area contributed by atoms with Crippen LogP contribution in [0.5, 0.6) is 0 Å². The predicted octanol–water partition coefficient (Wildman–Crippen LogP) is 1.71. The number of benzene rings is 1. The van der Waals surface area contributed by atoms with Gasteiger partial charge < -0.3 is 10.2 Å². The molecule has 1 fully saturated rings. The van der Waals surface area contributed by atoms with E-state index in [4.69, 9.17) is 0 Å². The number of nitrogens with zero attached hydrogens (tertiary/aromatic N) is 4. The molecule has 0 spiro atoms. The van der Waals surface area contributed by atoms with Crippen molar-refractivity contribution < 1.29 is 0 Å². The van der Waals surface area contributed by atoms with E-state index in [9.17, 15) is 0 Å². The summed E-state index contributed by atoms with van der Waals surface area (Å²) in [5.74, 6) is 0.912. The van der Waals surface area contributed by atoms with Gasteiger partial charge in [0.2, 0.25) is 0 Å². The molecule has 6 heteroatoms. The molecule has 0 unspecified atom stereocenters. The molecule has 1 aromatic heterocycles. The maximum absolute atomic E-state index is 4.42. The molecule has 1 N–H and O–H groups in total. The molecule has 1 saturated heterocycles. The Morgan fingerprint density at radius 3 is 2.84 bits per heavy atom. The van der Waals surface area contributed by atoms with Crippen molar-refractivity contribution in [3.63, 3.8) is 0 Å². The first-order valence-electron chi connectivity index (χ1n) is 6.24. The molecular formula is C13H14BrN5. The lowest BCUT2D eigenvalue weighted by Crippen LogP contribution is -2.44. The SMILES string of the molecule is Brc1cccc(-c2nncnc2N2CCNCC2)c1. The largest absolute Gasteiger partial charge is 0.352 e. The highest BCUT2D eigenvalue weighted by Gasteiger charge is 2.17. The lowest BCUT2D eigenvalue weighted by Gasteiger charge is -2.29. The van der Waals surface area contributed by atoms with Crippen LogP contribution in [0, 0.1) is 0 Å². The van der Waals surface area contributed by atoms with Crippen LogP contribution in [0.1, 0.15) is 0 Å². The summed E-state index contributed by atoms with van der Waals surface area (Å²) in [6, 6.07) is 8.06. The Morgan fingerprint density at radius 2 is 2.05 bits per heavy atom. The fourth-order valence-electron chi connectivity index (χ4n) is 2.20. The zero-order valence-electron chi connectivity index (χ0n) is 10.4. The number of hydrogen-bond acceptors (Lipinski definition) is 5. The van der Waals surface area contributed by atoms with E-state index in [1.165, 1.54) is 6.33 Å². The van der Waals surface area contributed by atoms with Gasteiger partial charge in [0.25, 0.3) is 0 Å². The van der Waals surface area contributed by atoms with Gasteiger partial charge in [0.05, 0.1) is 0 Å². The lowest BCUT2D eigenvalue weighted by molar-refractivity contribution is 0.583. The number of anilines is 1. The standard InChI is InChI=1S/C13H14BrN5/c14-11-3-1-2-10(8-11)12-13(16-9-17-18-12)19-6-4-15-5-7-19/h1-3,8-9,15H,4-7H2. The summed E-state index contributed by atoms with van der Waals surface area (Å²) >= 11 is 3.49. The average Bonchev–Trinajstić information content (AvgIpc) is 2.48. The average molecular weight is 320 g/mol. The Bertz CT molecular complexity index is 568. The number of hydrogen-bond donors (Lipinski definition) is 1. The van der Waals surface area contributed by atoms with Crippen LogP contribution in [0.3, 0.4) is 0 Å². The fourth-order valence-corrected chi connectivity index (χ4v) is 2.60. The number of rotatable bonds is 2. The number of piperazine rings is 1. The molecule has 1 aliphatic rings. The van der Waals surface area contributed by atoms with Crippen molar-refractivity contribution in [3.05, 3.63) is 35.1 Å². The Labute approximate surface area is 120 Å². The maximum atomic E-state index is 4.42. The maximum Gasteiger partial charge on any atom is 0.159 e. The Kier molecular flexibility index (Phi) is 3.70. The molecule has 5 nitrogen and oxygen atoms in total. The molecule has 2 heterocycles. The summed E-state index contributed by atoms with van der Waals surface area (Å²) in [5.41, 5.74) is 1.87. The second-order valence-electron chi connectivity index (χ2n) is 4.38. The van der Waals surface area contributed by atoms with Crippen molar-refractivity contribution in [3.8, 4) is 11.3 Å². The first kappa shape index (κ1) is 12.5. The van der Waals surface area contributed by atoms with Crippen LogP contribution in [0.2, 0.25) is 0 Å². The van der Waals surface area contributed by atoms with E-state index < -0.39 is 0 Å². The first-order chi connectivity index (χ1) is 9.34. The Balaban J connectivity index is 2.01. The molecule has 1 aliphatic heterocycles. The number of nitrogens with one attached hydrogen (secondary N) is 1. The van der Waals surface area contributed by atoms with Crippen molar-refractivity contribution in [2.75, 3.05) is 31.1 Å². The molecule has 0 amide bonds. The lowest BCUT2D eigenvalue weighted by atomic mass is 10.1. The van der Waals surface area contributed by atoms with Gasteiger partial charge in [-0.15, -0.1) is 10.2 Å². The molecule has 0 radical (unpaired) electrons. The van der Waals surface area contributed by atoms with Crippen LogP contribution >= 0.6 is 15.9 Å². The van der Waals surface area contributed by atoms with Gasteiger partial charge in [-0.1, -0.05) is 28.1 Å². The summed E-state index contributed by atoms with van der Waals surface area (Å²) in [4.78, 5) is 6.67. The highest BCUT2D eigenvalue weighted by molar-refractivity contribution is 9.10. The van der Waals surface area contributed by atoms with Crippen molar-refractivity contribution in [2.45, 2.75) is 0 Å². The van der Waals surface area contributed by atoms with E-state index in [0.717, 1.165) is 47.7 Å². The van der Waals surface area contributed by atoms with E-state index in [2.05, 4.69) is 41.3 Å². The van der Waals surface area contributed by atoms with Crippen molar-refractivity contribution in [2.24, 2.45) is 0 Å². The third kappa shape index (κ3) is 2.74. The van der Waals surface area contributed by atoms with Gasteiger partial charge in [0, 0.05) is 36.2 Å². The van der Waals surface area contributed by atoms with Gasteiger partial charge in [0.15, 0.2) is 5.82 Å². The molecule has 3 rings (SSSR count). The van der Waals surface area contributed by atoms with E-state index in [1.54, 1.807) is 0 Å². The monoisotopic (exact) mass is 319 g/mol. The summed E-state index contributed by atoms with van der Waals surface area (Å²) in [6.45, 7) is 3.84. The van der Waals surface area contributed by atoms with Crippen LogP contribution in [-0.4, -0.2) is 41.4 Å². The number of aromatic nitrogens is 3. The van der Waals surface area contributed by atoms with Crippen molar-refractivity contribution in [1.82, 2.24) is 20.5 Å². The molecule has 0 saturated carbocycles. The number of halogens is 1. The minimum atomic E-state index is 0.839. The minimum Gasteiger partial charge on any atom is -0.352 e. The van der Waals surface area contributed by atoms with E-state index >= 15 is 0 Å². The van der Waals surface area contributed by atoms with Crippen LogP contribution in [0.15, 0.2) is 35.1 Å². The molecular weight excluding hydrogens is 306 g/mol. The Morgan fingerprint density at radius 1 is 1.21 bits per heavy atom. The smallest absolute Gasteiger partial charge is 0.159 e. The van der Waals surface area contributed by atoms with Crippen LogP contribution in [0.25, 0.3) is 11.3 Å². The van der Waals surface area contributed by atoms with Gasteiger partial charge in [-0.25, -0.2) is 4.98 Å². The van der Waals surface area contributed by atoms with Gasteiger partial charge in [0.1, 0.15) is 12.0 Å². The Hall–Kier alpha value is -1.53. The topological polar surface area (TPSA) is 53.9 Å². The molecule has 0 atom stereocenters. The summed E-state index contributed by atoms with van der Waals surface area (Å²) < 4.78 is 1.03. The second-order valence-corrected chi connectivity index (χ2v) is 5.30. The zero-order chi connectivity index (χ0) is 13.1. The molecule has 2 aromatic rings. The van der Waals surface area contributed by atoms with Crippen molar-refractivity contribution >= 4 is 21.7 Å². The molecule has 0 aliphatic carbocycles. The summed E-state index contributed by atoms with van der Waals surface area (Å²) in [6.07, 6.45) is 1.51. The quantitative estimate of drug-likeness (QED) is 0.913.